The van der Waals surface area contributed by atoms with E-state index in [1.807, 2.05) is 0 Å². The normalized spacial score (nSPS) is 10.2. The van der Waals surface area contributed by atoms with Crippen LogP contribution in [0.4, 0.5) is 5.95 Å². The Bertz CT molecular complexity index is 398. The van der Waals surface area contributed by atoms with Gasteiger partial charge in [-0.3, -0.25) is 4.68 Å². The minimum atomic E-state index is 0.635. The van der Waals surface area contributed by atoms with Crippen molar-refractivity contribution in [2.24, 2.45) is 0 Å². The minimum Gasteiger partial charge on any atom is -0.352 e. The lowest BCUT2D eigenvalue weighted by Gasteiger charge is -2.03. The van der Waals surface area contributed by atoms with Gasteiger partial charge in [0.15, 0.2) is 0 Å². The predicted molar refractivity (Wildman–Crippen MR) is 63.3 cm³/mol. The summed E-state index contributed by atoms with van der Waals surface area (Å²) in [4.78, 5) is 12.1. The first-order chi connectivity index (χ1) is 7.34. The molecule has 78 valence electrons. The molecule has 6 nitrogen and oxygen atoms in total. The smallest absolute Gasteiger partial charge is 0.222 e. The van der Waals surface area contributed by atoms with Gasteiger partial charge in [-0.2, -0.15) is 5.10 Å². The van der Waals surface area contributed by atoms with Gasteiger partial charge in [-0.15, -0.1) is 0 Å². The standard InChI is InChI=1S/C8H9IN6/c9-7-3-12-8(13-4-7)11-1-2-15-6-10-5-14-15/h3-6H,1-2H2,(H,11,12,13). The van der Waals surface area contributed by atoms with Crippen molar-refractivity contribution in [3.05, 3.63) is 28.6 Å². The first-order valence-corrected chi connectivity index (χ1v) is 5.46. The molecule has 0 aromatic carbocycles. The van der Waals surface area contributed by atoms with Crippen molar-refractivity contribution < 1.29 is 0 Å². The van der Waals surface area contributed by atoms with E-state index in [1.165, 1.54) is 6.33 Å². The Balaban J connectivity index is 1.81. The van der Waals surface area contributed by atoms with Crippen LogP contribution in [0.1, 0.15) is 0 Å². The van der Waals surface area contributed by atoms with Crippen molar-refractivity contribution in [3.8, 4) is 0 Å². The number of rotatable bonds is 4. The average molecular weight is 316 g/mol. The van der Waals surface area contributed by atoms with Crippen LogP contribution in [0, 0.1) is 3.57 Å². The lowest BCUT2D eigenvalue weighted by Crippen LogP contribution is -2.12. The van der Waals surface area contributed by atoms with E-state index in [1.54, 1.807) is 23.4 Å². The molecule has 0 aliphatic carbocycles. The van der Waals surface area contributed by atoms with Crippen molar-refractivity contribution in [1.82, 2.24) is 24.7 Å². The Morgan fingerprint density at radius 3 is 2.80 bits per heavy atom. The molecule has 0 saturated carbocycles. The Labute approximate surface area is 100 Å². The summed E-state index contributed by atoms with van der Waals surface area (Å²) >= 11 is 2.17. The quantitative estimate of drug-likeness (QED) is 0.845. The number of hydrogen-bond acceptors (Lipinski definition) is 5. The van der Waals surface area contributed by atoms with E-state index in [4.69, 9.17) is 0 Å². The molecule has 0 amide bonds. The fourth-order valence-corrected chi connectivity index (χ4v) is 1.31. The van der Waals surface area contributed by atoms with Gasteiger partial charge in [0.2, 0.25) is 5.95 Å². The molecule has 1 N–H and O–H groups in total. The highest BCUT2D eigenvalue weighted by atomic mass is 127. The van der Waals surface area contributed by atoms with Crippen molar-refractivity contribution >= 4 is 28.5 Å². The molecule has 2 aromatic rings. The van der Waals surface area contributed by atoms with Crippen molar-refractivity contribution in [1.29, 1.82) is 0 Å². The molecule has 0 fully saturated rings. The van der Waals surface area contributed by atoms with Gasteiger partial charge >= 0.3 is 0 Å². The highest BCUT2D eigenvalue weighted by Crippen LogP contribution is 2.02. The van der Waals surface area contributed by atoms with E-state index in [9.17, 15) is 0 Å². The van der Waals surface area contributed by atoms with Crippen LogP contribution in [0.3, 0.4) is 0 Å². The molecule has 0 bridgehead atoms. The molecule has 0 atom stereocenters. The first kappa shape index (κ1) is 10.3. The molecule has 0 unspecified atom stereocenters. The Kier molecular flexibility index (Phi) is 3.43. The van der Waals surface area contributed by atoms with E-state index < -0.39 is 0 Å². The third-order valence-electron chi connectivity index (χ3n) is 1.71. The van der Waals surface area contributed by atoms with Crippen LogP contribution >= 0.6 is 22.6 Å². The van der Waals surface area contributed by atoms with Crippen molar-refractivity contribution in [3.63, 3.8) is 0 Å². The van der Waals surface area contributed by atoms with Gasteiger partial charge in [0.1, 0.15) is 12.7 Å². The van der Waals surface area contributed by atoms with E-state index in [2.05, 4.69) is 48.0 Å². The predicted octanol–water partition coefficient (Wildman–Crippen LogP) is 0.785. The number of halogens is 1. The van der Waals surface area contributed by atoms with Crippen LogP contribution < -0.4 is 5.32 Å². The Hall–Kier alpha value is -1.25. The lowest BCUT2D eigenvalue weighted by molar-refractivity contribution is 0.634. The zero-order chi connectivity index (χ0) is 10.5. The van der Waals surface area contributed by atoms with Crippen molar-refractivity contribution in [2.45, 2.75) is 6.54 Å². The zero-order valence-electron chi connectivity index (χ0n) is 7.84. The molecule has 0 aliphatic rings. The van der Waals surface area contributed by atoms with Crippen LogP contribution in [-0.2, 0) is 6.54 Å². The summed E-state index contributed by atoms with van der Waals surface area (Å²) in [5.41, 5.74) is 0. The maximum atomic E-state index is 4.12. The van der Waals surface area contributed by atoms with Gasteiger partial charge in [0, 0.05) is 22.5 Å². The Morgan fingerprint density at radius 1 is 1.33 bits per heavy atom. The second-order valence-corrected chi connectivity index (χ2v) is 4.06. The molecular weight excluding hydrogens is 307 g/mol. The van der Waals surface area contributed by atoms with Crippen LogP contribution in [-0.4, -0.2) is 31.3 Å². The summed E-state index contributed by atoms with van der Waals surface area (Å²) in [5, 5.41) is 7.08. The van der Waals surface area contributed by atoms with E-state index in [0.717, 1.165) is 16.7 Å². The summed E-state index contributed by atoms with van der Waals surface area (Å²) in [6.07, 6.45) is 6.73. The molecular formula is C8H9IN6. The fraction of sp³-hybridized carbons (Fsp3) is 0.250. The number of hydrogen-bond donors (Lipinski definition) is 1. The SMILES string of the molecule is Ic1cnc(NCCn2cncn2)nc1. The molecule has 15 heavy (non-hydrogen) atoms. The number of nitrogens with zero attached hydrogens (tertiary/aromatic N) is 5. The lowest BCUT2D eigenvalue weighted by atomic mass is 10.6. The van der Waals surface area contributed by atoms with Crippen LogP contribution in [0.15, 0.2) is 25.0 Å². The molecule has 0 spiro atoms. The second-order valence-electron chi connectivity index (χ2n) is 2.81. The van der Waals surface area contributed by atoms with Gasteiger partial charge in [-0.05, 0) is 22.6 Å². The summed E-state index contributed by atoms with van der Waals surface area (Å²) in [6, 6.07) is 0. The maximum Gasteiger partial charge on any atom is 0.222 e. The molecule has 2 aromatic heterocycles. The highest BCUT2D eigenvalue weighted by molar-refractivity contribution is 14.1. The Morgan fingerprint density at radius 2 is 2.13 bits per heavy atom. The largest absolute Gasteiger partial charge is 0.352 e. The fourth-order valence-electron chi connectivity index (χ4n) is 1.03. The third-order valence-corrected chi connectivity index (χ3v) is 2.27. The molecule has 0 radical (unpaired) electrons. The monoisotopic (exact) mass is 316 g/mol. The van der Waals surface area contributed by atoms with Crippen LogP contribution in [0.5, 0.6) is 0 Å². The highest BCUT2D eigenvalue weighted by Gasteiger charge is 1.95. The van der Waals surface area contributed by atoms with Crippen LogP contribution in [0.2, 0.25) is 0 Å². The summed E-state index contributed by atoms with van der Waals surface area (Å²) < 4.78 is 2.77. The molecule has 0 aliphatic heterocycles. The summed E-state index contributed by atoms with van der Waals surface area (Å²) in [6.45, 7) is 1.47. The van der Waals surface area contributed by atoms with Gasteiger partial charge in [-0.1, -0.05) is 0 Å². The summed E-state index contributed by atoms with van der Waals surface area (Å²) in [5.74, 6) is 0.635. The minimum absolute atomic E-state index is 0.635. The maximum absolute atomic E-state index is 4.12. The molecule has 0 saturated heterocycles. The average Bonchev–Trinajstić information content (AvgIpc) is 2.74. The zero-order valence-corrected chi connectivity index (χ0v) is 10.00. The number of nitrogens with one attached hydrogen (secondary N) is 1. The van der Waals surface area contributed by atoms with E-state index >= 15 is 0 Å². The van der Waals surface area contributed by atoms with Gasteiger partial charge < -0.3 is 5.32 Å². The first-order valence-electron chi connectivity index (χ1n) is 4.38. The topological polar surface area (TPSA) is 68.5 Å². The third kappa shape index (κ3) is 3.11. The second kappa shape index (κ2) is 5.01. The van der Waals surface area contributed by atoms with Crippen molar-refractivity contribution in [2.75, 3.05) is 11.9 Å². The van der Waals surface area contributed by atoms with Gasteiger partial charge in [0.05, 0.1) is 6.54 Å². The van der Waals surface area contributed by atoms with Gasteiger partial charge in [-0.25, -0.2) is 15.0 Å². The summed E-state index contributed by atoms with van der Waals surface area (Å²) in [7, 11) is 0. The molecule has 7 heteroatoms. The van der Waals surface area contributed by atoms with Crippen LogP contribution in [0.25, 0.3) is 0 Å². The van der Waals surface area contributed by atoms with E-state index in [0.29, 0.717) is 5.95 Å². The molecule has 2 heterocycles. The van der Waals surface area contributed by atoms with E-state index in [-0.39, 0.29) is 0 Å². The van der Waals surface area contributed by atoms with Gasteiger partial charge in [0.25, 0.3) is 0 Å². The number of aromatic nitrogens is 5. The molecule has 2 rings (SSSR count). The number of anilines is 1.